The van der Waals surface area contributed by atoms with Crippen LogP contribution in [-0.4, -0.2) is 22.2 Å². The summed E-state index contributed by atoms with van der Waals surface area (Å²) in [6.45, 7) is 13.7. The second kappa shape index (κ2) is 11.8. The fraction of sp³-hybridized carbons (Fsp3) is 0.583. The van der Waals surface area contributed by atoms with Crippen molar-refractivity contribution in [3.63, 3.8) is 0 Å². The molecule has 4 nitrogen and oxygen atoms in total. The molecule has 0 aromatic rings. The molecule has 0 unspecified atom stereocenters. The van der Waals surface area contributed by atoms with Crippen LogP contribution in [0.25, 0.3) is 0 Å². The number of aliphatic carboxylic acids is 2. The number of carboxylic acid groups (broad SMARTS) is 2. The van der Waals surface area contributed by atoms with E-state index in [0.29, 0.717) is 0 Å². The monoisotopic (exact) mass is 231 g/mol. The lowest BCUT2D eigenvalue weighted by molar-refractivity contribution is -0.145. The summed E-state index contributed by atoms with van der Waals surface area (Å²) in [5, 5.41) is 15.9. The molecule has 0 rings (SSSR count). The molecule has 2 N–H and O–H groups in total. The first-order valence-electron chi connectivity index (χ1n) is 5.01. The first-order valence-corrected chi connectivity index (χ1v) is 5.01. The van der Waals surface area contributed by atoms with Gasteiger partial charge in [-0.05, 0) is 20.8 Å². The Labute approximate surface area is 98.0 Å². The Balaban J connectivity index is -0.000000166. The minimum absolute atomic E-state index is 0.583. The van der Waals surface area contributed by atoms with Crippen LogP contribution >= 0.6 is 0 Å². The van der Waals surface area contributed by atoms with Crippen LogP contribution < -0.4 is 0 Å². The van der Waals surface area contributed by atoms with E-state index in [-0.39, 0.29) is 0 Å². The molecule has 0 aromatic heterocycles. The zero-order valence-corrected chi connectivity index (χ0v) is 10.6. The van der Waals surface area contributed by atoms with Crippen LogP contribution in [0.1, 0.15) is 40.5 Å². The molecule has 4 heteroatoms. The Kier molecular flexibility index (Phi) is 14.8. The predicted molar refractivity (Wildman–Crippen MR) is 65.2 cm³/mol. The van der Waals surface area contributed by atoms with Gasteiger partial charge in [0.15, 0.2) is 0 Å². The molecular formula is C12H23O4. The Morgan fingerprint density at radius 3 is 1.44 bits per heavy atom. The van der Waals surface area contributed by atoms with Gasteiger partial charge in [-0.15, -0.1) is 0 Å². The summed E-state index contributed by atoms with van der Waals surface area (Å²) in [5.41, 5.74) is -0.583. The van der Waals surface area contributed by atoms with Crippen LogP contribution in [-0.2, 0) is 9.59 Å². The van der Waals surface area contributed by atoms with Crippen molar-refractivity contribution in [2.24, 2.45) is 5.41 Å². The van der Waals surface area contributed by atoms with Crippen LogP contribution in [0.2, 0.25) is 0 Å². The highest BCUT2D eigenvalue weighted by Crippen LogP contribution is 2.11. The highest BCUT2D eigenvalue weighted by molar-refractivity contribution is 5.78. The van der Waals surface area contributed by atoms with Crippen LogP contribution in [0.3, 0.4) is 0 Å². The van der Waals surface area contributed by atoms with Crippen molar-refractivity contribution < 1.29 is 19.8 Å². The van der Waals surface area contributed by atoms with Gasteiger partial charge < -0.3 is 10.2 Å². The highest BCUT2D eigenvalue weighted by atomic mass is 16.4. The normalized spacial score (nSPS) is 8.81. The Morgan fingerprint density at radius 2 is 1.44 bits per heavy atom. The maximum Gasteiger partial charge on any atom is 0.327 e. The quantitative estimate of drug-likeness (QED) is 0.716. The van der Waals surface area contributed by atoms with Crippen molar-refractivity contribution >= 4 is 11.9 Å². The minimum Gasteiger partial charge on any atom is -0.481 e. The molecule has 1 radical (unpaired) electrons. The van der Waals surface area contributed by atoms with Crippen LogP contribution in [0.4, 0.5) is 0 Å². The molecule has 0 spiro atoms. The van der Waals surface area contributed by atoms with Gasteiger partial charge in [0.05, 0.1) is 5.41 Å². The van der Waals surface area contributed by atoms with Crippen LogP contribution in [0.5, 0.6) is 0 Å². The van der Waals surface area contributed by atoms with Gasteiger partial charge in [0.2, 0.25) is 0 Å². The number of carboxylic acids is 2. The lowest BCUT2D eigenvalue weighted by Gasteiger charge is -2.08. The van der Waals surface area contributed by atoms with Crippen molar-refractivity contribution in [1.29, 1.82) is 0 Å². The largest absolute Gasteiger partial charge is 0.481 e. The zero-order chi connectivity index (χ0) is 13.8. The van der Waals surface area contributed by atoms with Gasteiger partial charge in [0, 0.05) is 6.08 Å². The minimum atomic E-state index is -0.981. The lowest BCUT2D eigenvalue weighted by Crippen LogP contribution is -2.18. The molecule has 0 aliphatic carbocycles. The van der Waals surface area contributed by atoms with E-state index >= 15 is 0 Å². The molecule has 0 aromatic carbocycles. The molecule has 95 valence electrons. The van der Waals surface area contributed by atoms with Crippen LogP contribution in [0, 0.1) is 12.3 Å². The zero-order valence-electron chi connectivity index (χ0n) is 10.6. The fourth-order valence-electron chi connectivity index (χ4n) is 0. The van der Waals surface area contributed by atoms with Crippen molar-refractivity contribution in [1.82, 2.24) is 0 Å². The maximum atomic E-state index is 10.0. The van der Waals surface area contributed by atoms with E-state index in [1.165, 1.54) is 6.42 Å². The Morgan fingerprint density at radius 1 is 1.25 bits per heavy atom. The van der Waals surface area contributed by atoms with Crippen molar-refractivity contribution in [2.75, 3.05) is 0 Å². The standard InChI is InChI=1S/C5H10O2.C4H9.C3H4O2/c1-5(2,3)4(6)7;1-3-4-2;1-2-3(4)5/h1-3H3,(H,6,7);1,3-4H2,2H3;2H,1H2,(H,4,5). The Bertz CT molecular complexity index is 200. The third kappa shape index (κ3) is 29.3. The smallest absolute Gasteiger partial charge is 0.327 e. The molecule has 0 saturated heterocycles. The lowest BCUT2D eigenvalue weighted by atomic mass is 9.98. The van der Waals surface area contributed by atoms with E-state index in [0.717, 1.165) is 12.5 Å². The second-order valence-electron chi connectivity index (χ2n) is 3.95. The number of unbranched alkanes of at least 4 members (excludes halogenated alkanes) is 1. The summed E-state index contributed by atoms with van der Waals surface area (Å²) in [5.74, 6) is -1.74. The molecular weight excluding hydrogens is 208 g/mol. The molecule has 16 heavy (non-hydrogen) atoms. The van der Waals surface area contributed by atoms with Crippen molar-refractivity contribution in [3.8, 4) is 0 Å². The highest BCUT2D eigenvalue weighted by Gasteiger charge is 2.18. The van der Waals surface area contributed by atoms with E-state index in [4.69, 9.17) is 10.2 Å². The first-order chi connectivity index (χ1) is 7.13. The van der Waals surface area contributed by atoms with Crippen molar-refractivity contribution in [2.45, 2.75) is 40.5 Å². The van der Waals surface area contributed by atoms with E-state index in [9.17, 15) is 9.59 Å². The average Bonchev–Trinajstić information content (AvgIpc) is 2.17. The third-order valence-corrected chi connectivity index (χ3v) is 1.17. The second-order valence-corrected chi connectivity index (χ2v) is 3.95. The summed E-state index contributed by atoms with van der Waals surface area (Å²) in [6, 6.07) is 0. The van der Waals surface area contributed by atoms with E-state index in [2.05, 4.69) is 20.4 Å². The SMILES string of the molecule is C=CC(=O)O.CC(C)(C)C(=O)O.[CH2]CCC. The van der Waals surface area contributed by atoms with E-state index < -0.39 is 17.4 Å². The number of rotatable bonds is 2. The molecule has 0 aliphatic heterocycles. The fourth-order valence-corrected chi connectivity index (χ4v) is 0. The van der Waals surface area contributed by atoms with Gasteiger partial charge in [-0.25, -0.2) is 4.79 Å². The molecule has 0 aliphatic rings. The van der Waals surface area contributed by atoms with Gasteiger partial charge in [0.25, 0.3) is 0 Å². The summed E-state index contributed by atoms with van der Waals surface area (Å²) in [4.78, 5) is 19.3. The van der Waals surface area contributed by atoms with Gasteiger partial charge >= 0.3 is 11.9 Å². The number of hydrogen-bond acceptors (Lipinski definition) is 2. The third-order valence-electron chi connectivity index (χ3n) is 1.17. The molecule has 0 amide bonds. The van der Waals surface area contributed by atoms with E-state index in [1.807, 2.05) is 0 Å². The summed E-state index contributed by atoms with van der Waals surface area (Å²) in [6.07, 6.45) is 3.11. The van der Waals surface area contributed by atoms with E-state index in [1.54, 1.807) is 20.8 Å². The summed E-state index contributed by atoms with van der Waals surface area (Å²) in [7, 11) is 0. The van der Waals surface area contributed by atoms with Crippen LogP contribution in [0.15, 0.2) is 12.7 Å². The van der Waals surface area contributed by atoms with Gasteiger partial charge in [0.1, 0.15) is 0 Å². The molecule has 0 saturated carbocycles. The molecule has 0 bridgehead atoms. The molecule has 0 atom stereocenters. The number of hydrogen-bond donors (Lipinski definition) is 2. The summed E-state index contributed by atoms with van der Waals surface area (Å²) < 4.78 is 0. The predicted octanol–water partition coefficient (Wildman–Crippen LogP) is 2.99. The number of carbonyl (C=O) groups is 2. The maximum absolute atomic E-state index is 10.0. The Hall–Kier alpha value is -1.32. The first kappa shape index (κ1) is 20.1. The molecule has 0 fully saturated rings. The van der Waals surface area contributed by atoms with Gasteiger partial charge in [-0.1, -0.05) is 33.3 Å². The molecule has 0 heterocycles. The van der Waals surface area contributed by atoms with Gasteiger partial charge in [-0.3, -0.25) is 4.79 Å². The van der Waals surface area contributed by atoms with Gasteiger partial charge in [-0.2, -0.15) is 0 Å². The average molecular weight is 231 g/mol. The van der Waals surface area contributed by atoms with Crippen molar-refractivity contribution in [3.05, 3.63) is 19.6 Å². The topological polar surface area (TPSA) is 74.6 Å². The summed E-state index contributed by atoms with van der Waals surface area (Å²) >= 11 is 0.